The van der Waals surface area contributed by atoms with Crippen molar-refractivity contribution in [2.24, 2.45) is 36.1 Å². The molecule has 13 heteroatoms. The summed E-state index contributed by atoms with van der Waals surface area (Å²) in [4.78, 5) is 64.5. The smallest absolute Gasteiger partial charge is 0.242 e. The van der Waals surface area contributed by atoms with Gasteiger partial charge in [-0.15, -0.1) is 11.3 Å². The Morgan fingerprint density at radius 3 is 2.39 bits per heavy atom. The monoisotopic (exact) mass is 801 g/mol. The van der Waals surface area contributed by atoms with Crippen LogP contribution in [-0.4, -0.2) is 64.8 Å². The first-order valence-corrected chi connectivity index (χ1v) is 20.6. The van der Waals surface area contributed by atoms with Crippen LogP contribution in [0.15, 0.2) is 84.4 Å². The molecule has 3 saturated heterocycles. The predicted octanol–water partition coefficient (Wildman–Crippen LogP) is 7.24. The first kappa shape index (κ1) is 36.1. The van der Waals surface area contributed by atoms with Gasteiger partial charge in [0, 0.05) is 53.1 Å². The number of aromatic nitrogens is 2. The SMILES string of the molecule is Cc1c(-c2cc(N3C(=O)C4CC5C(=CCC6C(=O)N(c7ccc(N8CCOCC8)cc7)C(=O)C65)C(c5ccccc5O)C4(C)C3=O)n(C)n2)sc2ccc(Cl)cc12. The van der Waals surface area contributed by atoms with Crippen molar-refractivity contribution in [2.45, 2.75) is 32.6 Å². The van der Waals surface area contributed by atoms with E-state index < -0.39 is 40.9 Å². The Kier molecular flexibility index (Phi) is 8.30. The molecule has 4 fully saturated rings. The summed E-state index contributed by atoms with van der Waals surface area (Å²) in [6, 6.07) is 22.0. The van der Waals surface area contributed by atoms with Crippen LogP contribution in [0.2, 0.25) is 5.02 Å². The van der Waals surface area contributed by atoms with Crippen molar-refractivity contribution in [3.05, 3.63) is 101 Å². The summed E-state index contributed by atoms with van der Waals surface area (Å²) in [7, 11) is 1.72. The number of hydrogen-bond acceptors (Lipinski definition) is 9. The summed E-state index contributed by atoms with van der Waals surface area (Å²) in [5.41, 5.74) is 3.17. The van der Waals surface area contributed by atoms with Gasteiger partial charge in [0.25, 0.3) is 0 Å². The molecule has 0 radical (unpaired) electrons. The van der Waals surface area contributed by atoms with Crippen molar-refractivity contribution in [1.29, 1.82) is 0 Å². The first-order chi connectivity index (χ1) is 27.5. The summed E-state index contributed by atoms with van der Waals surface area (Å²) in [6.07, 6.45) is 2.52. The molecule has 6 atom stereocenters. The van der Waals surface area contributed by atoms with Crippen molar-refractivity contribution in [1.82, 2.24) is 9.78 Å². The molecule has 11 nitrogen and oxygen atoms in total. The normalized spacial score (nSPS) is 27.3. The quantitative estimate of drug-likeness (QED) is 0.146. The van der Waals surface area contributed by atoms with Crippen LogP contribution in [-0.2, 0) is 31.0 Å². The van der Waals surface area contributed by atoms with Crippen molar-refractivity contribution in [3.63, 3.8) is 0 Å². The van der Waals surface area contributed by atoms with Crippen molar-refractivity contribution < 1.29 is 29.0 Å². The van der Waals surface area contributed by atoms with Crippen LogP contribution in [0.1, 0.15) is 36.8 Å². The van der Waals surface area contributed by atoms with E-state index in [0.717, 1.165) is 44.9 Å². The van der Waals surface area contributed by atoms with Gasteiger partial charge in [-0.2, -0.15) is 5.10 Å². The van der Waals surface area contributed by atoms with Crippen LogP contribution >= 0.6 is 22.9 Å². The number of thiophene rings is 1. The minimum atomic E-state index is -1.31. The molecule has 6 unspecified atom stereocenters. The molecule has 0 spiro atoms. The lowest BCUT2D eigenvalue weighted by Crippen LogP contribution is -2.49. The number of morpholine rings is 1. The summed E-state index contributed by atoms with van der Waals surface area (Å²) in [5, 5.41) is 17.9. The van der Waals surface area contributed by atoms with Crippen LogP contribution in [0, 0.1) is 36.0 Å². The van der Waals surface area contributed by atoms with E-state index in [9.17, 15) is 19.5 Å². The molecule has 1 saturated carbocycles. The zero-order chi connectivity index (χ0) is 39.5. The highest BCUT2D eigenvalue weighted by molar-refractivity contribution is 7.22. The van der Waals surface area contributed by atoms with Crippen LogP contribution in [0.4, 0.5) is 17.2 Å². The van der Waals surface area contributed by atoms with Gasteiger partial charge in [0.15, 0.2) is 0 Å². The average Bonchev–Trinajstić information content (AvgIpc) is 3.89. The fourth-order valence-electron chi connectivity index (χ4n) is 10.4. The van der Waals surface area contributed by atoms with Gasteiger partial charge in [-0.1, -0.05) is 41.4 Å². The second kappa shape index (κ2) is 13.1. The number of phenols is 1. The number of benzene rings is 3. The molecular formula is C44H40ClN5O6S. The van der Waals surface area contributed by atoms with E-state index in [2.05, 4.69) is 4.90 Å². The maximum absolute atomic E-state index is 15.1. The van der Waals surface area contributed by atoms with Gasteiger partial charge in [0.2, 0.25) is 23.6 Å². The molecule has 3 aliphatic heterocycles. The van der Waals surface area contributed by atoms with E-state index in [1.165, 1.54) is 9.80 Å². The number of carbonyl (C=O) groups is 4. The minimum absolute atomic E-state index is 0.00353. The molecular weight excluding hydrogens is 762 g/mol. The highest BCUT2D eigenvalue weighted by atomic mass is 35.5. The Morgan fingerprint density at radius 1 is 0.895 bits per heavy atom. The summed E-state index contributed by atoms with van der Waals surface area (Å²) in [5.74, 6) is -4.40. The van der Waals surface area contributed by atoms with Gasteiger partial charge < -0.3 is 14.7 Å². The van der Waals surface area contributed by atoms with Gasteiger partial charge in [0.1, 0.15) is 17.3 Å². The molecule has 4 amide bonds. The predicted molar refractivity (Wildman–Crippen MR) is 218 cm³/mol. The largest absolute Gasteiger partial charge is 0.508 e. The number of ether oxygens (including phenoxy) is 1. The van der Waals surface area contributed by atoms with Crippen LogP contribution in [0.25, 0.3) is 20.7 Å². The second-order valence-corrected chi connectivity index (χ2v) is 17.5. The number of aromatic hydroxyl groups is 1. The number of hydrogen-bond donors (Lipinski definition) is 1. The van der Waals surface area contributed by atoms with Crippen LogP contribution in [0.3, 0.4) is 0 Å². The molecule has 1 N–H and O–H groups in total. The van der Waals surface area contributed by atoms with Crippen molar-refractivity contribution in [3.8, 4) is 16.3 Å². The molecule has 2 aliphatic carbocycles. The highest BCUT2D eigenvalue weighted by Gasteiger charge is 2.68. The average molecular weight is 802 g/mol. The standard InChI is InChI=1S/C44H40ClN5O6S/c1-23-30-20-24(45)8-15-35(30)57-39(23)33-22-36(47(3)46-33)50-41(53)32-21-31-27(38(44(32,2)43(50)55)28-6-4-5-7-34(28)51)13-14-29-37(31)42(54)49(40(29)52)26-11-9-25(10-12-26)48-16-18-56-19-17-48/h4-13,15,20,22,29,31-32,37-38,51H,14,16-19,21H2,1-3H3. The Morgan fingerprint density at radius 2 is 1.63 bits per heavy atom. The molecule has 290 valence electrons. The molecule has 2 aromatic heterocycles. The number of halogens is 1. The van der Waals surface area contributed by atoms with Gasteiger partial charge in [-0.25, -0.2) is 4.90 Å². The number of imide groups is 2. The third kappa shape index (κ3) is 5.23. The van der Waals surface area contributed by atoms with E-state index in [4.69, 9.17) is 21.4 Å². The molecule has 0 bridgehead atoms. The fraction of sp³-hybridized carbons (Fsp3) is 0.341. The first-order valence-electron chi connectivity index (χ1n) is 19.4. The number of rotatable bonds is 5. The number of phenolic OH excluding ortho intramolecular Hbond substituents is 1. The van der Waals surface area contributed by atoms with Gasteiger partial charge in [-0.05, 0) is 92.1 Å². The second-order valence-electron chi connectivity index (χ2n) is 16.1. The highest BCUT2D eigenvalue weighted by Crippen LogP contribution is 2.64. The Bertz CT molecular complexity index is 2570. The number of amides is 4. The van der Waals surface area contributed by atoms with E-state index >= 15 is 4.79 Å². The van der Waals surface area contributed by atoms with Crippen molar-refractivity contribution in [2.75, 3.05) is 41.0 Å². The summed E-state index contributed by atoms with van der Waals surface area (Å²) >= 11 is 7.90. The van der Waals surface area contributed by atoms with E-state index in [-0.39, 0.29) is 29.9 Å². The lowest BCUT2D eigenvalue weighted by Gasteiger charge is -2.49. The van der Waals surface area contributed by atoms with Crippen molar-refractivity contribution >= 4 is 73.8 Å². The number of allylic oxidation sites excluding steroid dienone is 2. The third-order valence-corrected chi connectivity index (χ3v) is 14.8. The van der Waals surface area contributed by atoms with E-state index in [1.54, 1.807) is 47.3 Å². The minimum Gasteiger partial charge on any atom is -0.508 e. The lowest BCUT2D eigenvalue weighted by atomic mass is 9.51. The van der Waals surface area contributed by atoms with Crippen LogP contribution in [0.5, 0.6) is 5.75 Å². The number of fused-ring (bicyclic) bond motifs is 5. The van der Waals surface area contributed by atoms with E-state index in [0.29, 0.717) is 47.4 Å². The maximum Gasteiger partial charge on any atom is 0.242 e. The molecule has 10 rings (SSSR count). The molecule has 57 heavy (non-hydrogen) atoms. The topological polar surface area (TPSA) is 125 Å². The molecule has 3 aromatic carbocycles. The zero-order valence-electron chi connectivity index (χ0n) is 31.6. The number of nitrogens with zero attached hydrogens (tertiary/aromatic N) is 5. The Labute approximate surface area is 338 Å². The number of aryl methyl sites for hydroxylation is 2. The molecule has 5 aromatic rings. The number of para-hydroxylation sites is 1. The van der Waals surface area contributed by atoms with E-state index in [1.807, 2.05) is 68.5 Å². The van der Waals surface area contributed by atoms with Crippen LogP contribution < -0.4 is 14.7 Å². The summed E-state index contributed by atoms with van der Waals surface area (Å²) in [6.45, 7) is 6.65. The third-order valence-electron chi connectivity index (χ3n) is 13.2. The lowest BCUT2D eigenvalue weighted by molar-refractivity contribution is -0.131. The maximum atomic E-state index is 15.1. The van der Waals surface area contributed by atoms with Gasteiger partial charge >= 0.3 is 0 Å². The van der Waals surface area contributed by atoms with Gasteiger partial charge in [-0.3, -0.25) is 28.8 Å². The molecule has 5 aliphatic rings. The Balaban J connectivity index is 1.03. The fourth-order valence-corrected chi connectivity index (χ4v) is 11.7. The van der Waals surface area contributed by atoms with Gasteiger partial charge in [0.05, 0.1) is 46.9 Å². The zero-order valence-corrected chi connectivity index (χ0v) is 33.2. The summed E-state index contributed by atoms with van der Waals surface area (Å²) < 4.78 is 8.12. The Hall–Kier alpha value is -5.30. The number of carbonyl (C=O) groups excluding carboxylic acids is 4. The number of anilines is 3. The molecule has 5 heterocycles.